The Morgan fingerprint density at radius 2 is 1.06 bits per heavy atom. The van der Waals surface area contributed by atoms with Gasteiger partial charge in [0.2, 0.25) is 0 Å². The number of ether oxygens (including phenoxy) is 2. The van der Waals surface area contributed by atoms with Gasteiger partial charge in [-0.25, -0.2) is 4.57 Å². The minimum Gasteiger partial charge on any atom is -0.462 e. The minimum atomic E-state index is -4.77. The van der Waals surface area contributed by atoms with Crippen LogP contribution in [0.3, 0.4) is 0 Å². The van der Waals surface area contributed by atoms with E-state index in [4.69, 9.17) is 19.3 Å². The number of rotatable bonds is 36. The molecule has 0 aromatic carbocycles. The van der Waals surface area contributed by atoms with E-state index >= 15 is 0 Å². The first-order valence-corrected chi connectivity index (χ1v) is 21.5. The molecule has 1 unspecified atom stereocenters. The zero-order valence-corrected chi connectivity index (χ0v) is 33.0. The summed E-state index contributed by atoms with van der Waals surface area (Å²) in [5.74, 6) is -0.969. The third-order valence-corrected chi connectivity index (χ3v) is 8.89. The SMILES string of the molecule is CCCCCCCCCCCCCCCCCC(=O)OC[C@H](COP(=O)(O)O)OC(=O)CCC/C=C\C/C=C\C/C=C\C/C=C\CC(O)CCC. The highest BCUT2D eigenvalue weighted by atomic mass is 31.2. The molecule has 3 N–H and O–H groups in total. The average Bonchev–Trinajstić information content (AvgIpc) is 3.09. The highest BCUT2D eigenvalue weighted by molar-refractivity contribution is 7.46. The Bertz CT molecular complexity index is 986. The van der Waals surface area contributed by atoms with Crippen LogP contribution >= 0.6 is 7.82 Å². The van der Waals surface area contributed by atoms with Crippen molar-refractivity contribution in [3.05, 3.63) is 48.6 Å². The Hall–Kier alpha value is -2.03. The van der Waals surface area contributed by atoms with Crippen molar-refractivity contribution in [3.63, 3.8) is 0 Å². The lowest BCUT2D eigenvalue weighted by atomic mass is 10.0. The van der Waals surface area contributed by atoms with Crippen LogP contribution in [0.2, 0.25) is 0 Å². The number of esters is 2. The van der Waals surface area contributed by atoms with Gasteiger partial charge >= 0.3 is 19.8 Å². The van der Waals surface area contributed by atoms with Gasteiger partial charge in [0.15, 0.2) is 6.10 Å². The van der Waals surface area contributed by atoms with E-state index < -0.39 is 32.5 Å². The van der Waals surface area contributed by atoms with E-state index in [1.54, 1.807) is 0 Å². The molecule has 0 spiro atoms. The van der Waals surface area contributed by atoms with Crippen LogP contribution in [0.4, 0.5) is 0 Å². The summed E-state index contributed by atoms with van der Waals surface area (Å²) < 4.78 is 26.3. The molecular weight excluding hydrogens is 667 g/mol. The number of phosphoric ester groups is 1. The smallest absolute Gasteiger partial charge is 0.462 e. The number of phosphoric acid groups is 1. The van der Waals surface area contributed by atoms with Crippen molar-refractivity contribution in [2.24, 2.45) is 0 Å². The van der Waals surface area contributed by atoms with Crippen LogP contribution in [-0.4, -0.2) is 52.3 Å². The fraction of sp³-hybridized carbons (Fsp3) is 0.756. The second-order valence-corrected chi connectivity index (χ2v) is 14.7. The number of aliphatic hydroxyl groups excluding tert-OH is 1. The fourth-order valence-electron chi connectivity index (χ4n) is 5.44. The van der Waals surface area contributed by atoms with Gasteiger partial charge in [-0.2, -0.15) is 0 Å². The van der Waals surface area contributed by atoms with Gasteiger partial charge in [0.1, 0.15) is 6.61 Å². The lowest BCUT2D eigenvalue weighted by Crippen LogP contribution is -2.29. The second kappa shape index (κ2) is 36.3. The van der Waals surface area contributed by atoms with E-state index in [-0.39, 0.29) is 25.6 Å². The molecule has 51 heavy (non-hydrogen) atoms. The van der Waals surface area contributed by atoms with Crippen molar-refractivity contribution < 1.29 is 43.0 Å². The van der Waals surface area contributed by atoms with Crippen molar-refractivity contribution in [1.82, 2.24) is 0 Å². The summed E-state index contributed by atoms with van der Waals surface area (Å²) in [7, 11) is -4.77. The standard InChI is InChI=1S/C41H73O9P/c1-3-5-6-7-8-9-10-11-12-15-18-21-24-27-30-34-40(43)48-36-39(37-49-51(45,46)47)50-41(44)35-31-28-25-22-19-16-13-14-17-20-23-26-29-33-38(42)32-4-2/h13,16-17,20,22,25-26,29,38-39,42H,3-12,14-15,18-19,21,23-24,27-28,30-37H2,1-2H3,(H2,45,46,47)/b16-13-,20-17-,25-22-,29-26-/t38?,39-/m1/s1. The minimum absolute atomic E-state index is 0.121. The average molecular weight is 741 g/mol. The highest BCUT2D eigenvalue weighted by Gasteiger charge is 2.22. The zero-order chi connectivity index (χ0) is 37.7. The number of allylic oxidation sites excluding steroid dienone is 7. The Balaban J connectivity index is 4.06. The normalized spacial score (nSPS) is 13.6. The van der Waals surface area contributed by atoms with Crippen LogP contribution in [0.1, 0.15) is 174 Å². The van der Waals surface area contributed by atoms with E-state index in [1.165, 1.54) is 77.0 Å². The second-order valence-electron chi connectivity index (χ2n) is 13.4. The molecule has 0 aliphatic heterocycles. The number of carbonyl (C=O) groups excluding carboxylic acids is 2. The summed E-state index contributed by atoms with van der Waals surface area (Å²) in [6.07, 6.45) is 40.4. The van der Waals surface area contributed by atoms with Crippen molar-refractivity contribution in [2.45, 2.75) is 187 Å². The summed E-state index contributed by atoms with van der Waals surface area (Å²) >= 11 is 0. The molecular formula is C41H73O9P. The third kappa shape index (κ3) is 39.0. The first kappa shape index (κ1) is 49.0. The molecule has 0 fully saturated rings. The quantitative estimate of drug-likeness (QED) is 0.0248. The van der Waals surface area contributed by atoms with Gasteiger partial charge in [-0.15, -0.1) is 0 Å². The maximum atomic E-state index is 12.4. The monoisotopic (exact) mass is 740 g/mol. The molecule has 0 aliphatic rings. The molecule has 0 aromatic heterocycles. The Labute approximate surface area is 310 Å². The lowest BCUT2D eigenvalue weighted by Gasteiger charge is -2.18. The summed E-state index contributed by atoms with van der Waals surface area (Å²) in [5.41, 5.74) is 0. The number of hydrogen-bond donors (Lipinski definition) is 3. The molecule has 0 rings (SSSR count). The van der Waals surface area contributed by atoms with E-state index in [0.29, 0.717) is 25.7 Å². The predicted octanol–water partition coefficient (Wildman–Crippen LogP) is 10.9. The Kier molecular flexibility index (Phi) is 34.9. The molecule has 0 aromatic rings. The molecule has 0 bridgehead atoms. The van der Waals surface area contributed by atoms with E-state index in [2.05, 4.69) is 48.8 Å². The van der Waals surface area contributed by atoms with Gasteiger partial charge in [0.25, 0.3) is 0 Å². The molecule has 0 heterocycles. The molecule has 10 heteroatoms. The molecule has 0 saturated carbocycles. The van der Waals surface area contributed by atoms with Crippen LogP contribution in [-0.2, 0) is 28.2 Å². The molecule has 0 saturated heterocycles. The van der Waals surface area contributed by atoms with Gasteiger partial charge in [-0.1, -0.05) is 159 Å². The predicted molar refractivity (Wildman–Crippen MR) is 208 cm³/mol. The van der Waals surface area contributed by atoms with Crippen LogP contribution in [0.5, 0.6) is 0 Å². The highest BCUT2D eigenvalue weighted by Crippen LogP contribution is 2.36. The van der Waals surface area contributed by atoms with Crippen molar-refractivity contribution >= 4 is 19.8 Å². The van der Waals surface area contributed by atoms with Gasteiger partial charge in [0.05, 0.1) is 12.7 Å². The Morgan fingerprint density at radius 1 is 0.588 bits per heavy atom. The number of hydrogen-bond acceptors (Lipinski definition) is 7. The fourth-order valence-corrected chi connectivity index (χ4v) is 5.80. The maximum absolute atomic E-state index is 12.4. The van der Waals surface area contributed by atoms with Crippen molar-refractivity contribution in [2.75, 3.05) is 13.2 Å². The maximum Gasteiger partial charge on any atom is 0.469 e. The molecule has 0 aliphatic carbocycles. The zero-order valence-electron chi connectivity index (χ0n) is 32.1. The van der Waals surface area contributed by atoms with E-state index in [1.807, 2.05) is 18.2 Å². The molecule has 0 amide bonds. The topological polar surface area (TPSA) is 140 Å². The molecule has 2 atom stereocenters. The molecule has 0 radical (unpaired) electrons. The van der Waals surface area contributed by atoms with Gasteiger partial charge in [0, 0.05) is 12.8 Å². The summed E-state index contributed by atoms with van der Waals surface area (Å²) in [6.45, 7) is 3.44. The van der Waals surface area contributed by atoms with Crippen LogP contribution in [0.15, 0.2) is 48.6 Å². The molecule has 9 nitrogen and oxygen atoms in total. The van der Waals surface area contributed by atoms with Crippen LogP contribution in [0.25, 0.3) is 0 Å². The van der Waals surface area contributed by atoms with Gasteiger partial charge in [-0.05, 0) is 51.4 Å². The number of unbranched alkanes of at least 4 members (excludes halogenated alkanes) is 15. The Morgan fingerprint density at radius 3 is 1.57 bits per heavy atom. The first-order chi connectivity index (χ1) is 24.7. The third-order valence-electron chi connectivity index (χ3n) is 8.41. The van der Waals surface area contributed by atoms with Crippen molar-refractivity contribution in [1.29, 1.82) is 0 Å². The van der Waals surface area contributed by atoms with E-state index in [0.717, 1.165) is 44.9 Å². The van der Waals surface area contributed by atoms with Crippen LogP contribution in [0, 0.1) is 0 Å². The van der Waals surface area contributed by atoms with Crippen LogP contribution < -0.4 is 0 Å². The number of aliphatic hydroxyl groups is 1. The van der Waals surface area contributed by atoms with E-state index in [9.17, 15) is 19.3 Å². The summed E-state index contributed by atoms with van der Waals surface area (Å²) in [6, 6.07) is 0. The van der Waals surface area contributed by atoms with Crippen molar-refractivity contribution in [3.8, 4) is 0 Å². The summed E-state index contributed by atoms with van der Waals surface area (Å²) in [5, 5.41) is 9.70. The largest absolute Gasteiger partial charge is 0.469 e. The lowest BCUT2D eigenvalue weighted by molar-refractivity contribution is -0.161. The molecule has 296 valence electrons. The van der Waals surface area contributed by atoms with Gasteiger partial charge < -0.3 is 24.4 Å². The number of carbonyl (C=O) groups is 2. The van der Waals surface area contributed by atoms with Gasteiger partial charge in [-0.3, -0.25) is 14.1 Å². The summed E-state index contributed by atoms with van der Waals surface area (Å²) in [4.78, 5) is 42.7. The first-order valence-electron chi connectivity index (χ1n) is 20.0.